The van der Waals surface area contributed by atoms with Crippen LogP contribution in [0.25, 0.3) is 0 Å². The maximum Gasteiger partial charge on any atom is 0.0748 e. The van der Waals surface area contributed by atoms with Gasteiger partial charge in [0.2, 0.25) is 0 Å². The first-order chi connectivity index (χ1) is 7.25. The van der Waals surface area contributed by atoms with Crippen molar-refractivity contribution in [3.8, 4) is 0 Å². The summed E-state index contributed by atoms with van der Waals surface area (Å²) in [5.74, 6) is 0. The molecule has 3 nitrogen and oxygen atoms in total. The summed E-state index contributed by atoms with van der Waals surface area (Å²) in [7, 11) is 0. The second-order valence-corrected chi connectivity index (χ2v) is 4.09. The maximum atomic E-state index is 5.83. The molecule has 0 spiro atoms. The number of anilines is 2. The van der Waals surface area contributed by atoms with E-state index in [1.165, 1.54) is 6.42 Å². The van der Waals surface area contributed by atoms with E-state index in [1.807, 2.05) is 19.1 Å². The molecule has 0 amide bonds. The molecular formula is C12H18N2O. The van der Waals surface area contributed by atoms with Crippen LogP contribution < -0.4 is 11.1 Å². The number of nitrogens with one attached hydrogen (secondary N) is 1. The van der Waals surface area contributed by atoms with E-state index >= 15 is 0 Å². The SMILES string of the molecule is Cc1ccc(NCC2CCCO2)cc1N. The van der Waals surface area contributed by atoms with Gasteiger partial charge in [-0.2, -0.15) is 0 Å². The molecule has 1 aliphatic rings. The third-order valence-electron chi connectivity index (χ3n) is 2.84. The highest BCUT2D eigenvalue weighted by Gasteiger charge is 2.14. The van der Waals surface area contributed by atoms with Crippen molar-refractivity contribution >= 4 is 11.4 Å². The maximum absolute atomic E-state index is 5.83. The Hall–Kier alpha value is -1.22. The number of nitrogens with two attached hydrogens (primary N) is 1. The van der Waals surface area contributed by atoms with Gasteiger partial charge in [0.25, 0.3) is 0 Å². The molecule has 1 aliphatic heterocycles. The van der Waals surface area contributed by atoms with Gasteiger partial charge in [0.15, 0.2) is 0 Å². The van der Waals surface area contributed by atoms with Gasteiger partial charge in [0, 0.05) is 24.5 Å². The van der Waals surface area contributed by atoms with Crippen LogP contribution in [0, 0.1) is 6.92 Å². The van der Waals surface area contributed by atoms with Crippen molar-refractivity contribution in [2.24, 2.45) is 0 Å². The Labute approximate surface area is 90.6 Å². The van der Waals surface area contributed by atoms with Gasteiger partial charge in [0.1, 0.15) is 0 Å². The molecule has 3 heteroatoms. The van der Waals surface area contributed by atoms with Crippen molar-refractivity contribution in [2.75, 3.05) is 24.2 Å². The summed E-state index contributed by atoms with van der Waals surface area (Å²) < 4.78 is 5.53. The average molecular weight is 206 g/mol. The lowest BCUT2D eigenvalue weighted by Gasteiger charge is -2.12. The van der Waals surface area contributed by atoms with E-state index in [0.29, 0.717) is 6.10 Å². The van der Waals surface area contributed by atoms with E-state index in [4.69, 9.17) is 10.5 Å². The summed E-state index contributed by atoms with van der Waals surface area (Å²) in [6, 6.07) is 6.07. The number of rotatable bonds is 3. The zero-order chi connectivity index (χ0) is 10.7. The Kier molecular flexibility index (Phi) is 3.11. The second kappa shape index (κ2) is 4.53. The number of benzene rings is 1. The average Bonchev–Trinajstić information content (AvgIpc) is 2.73. The molecule has 82 valence electrons. The number of hydrogen-bond donors (Lipinski definition) is 2. The zero-order valence-corrected chi connectivity index (χ0v) is 9.12. The van der Waals surface area contributed by atoms with Crippen molar-refractivity contribution in [1.82, 2.24) is 0 Å². The molecule has 15 heavy (non-hydrogen) atoms. The van der Waals surface area contributed by atoms with Crippen LogP contribution in [-0.4, -0.2) is 19.3 Å². The van der Waals surface area contributed by atoms with Crippen molar-refractivity contribution in [2.45, 2.75) is 25.9 Å². The Morgan fingerprint density at radius 3 is 3.07 bits per heavy atom. The zero-order valence-electron chi connectivity index (χ0n) is 9.12. The van der Waals surface area contributed by atoms with Crippen molar-refractivity contribution in [3.63, 3.8) is 0 Å². The van der Waals surface area contributed by atoms with E-state index in [9.17, 15) is 0 Å². The molecule has 1 fully saturated rings. The first-order valence-corrected chi connectivity index (χ1v) is 5.47. The van der Waals surface area contributed by atoms with Crippen LogP contribution in [0.3, 0.4) is 0 Å². The van der Waals surface area contributed by atoms with Gasteiger partial charge >= 0.3 is 0 Å². The molecule has 1 atom stereocenters. The number of nitrogen functional groups attached to an aromatic ring is 1. The van der Waals surface area contributed by atoms with Gasteiger partial charge in [-0.15, -0.1) is 0 Å². The van der Waals surface area contributed by atoms with Gasteiger partial charge in [-0.3, -0.25) is 0 Å². The molecule has 0 aromatic heterocycles. The van der Waals surface area contributed by atoms with Gasteiger partial charge in [-0.1, -0.05) is 6.07 Å². The van der Waals surface area contributed by atoms with Crippen LogP contribution in [0.4, 0.5) is 11.4 Å². The lowest BCUT2D eigenvalue weighted by atomic mass is 10.2. The van der Waals surface area contributed by atoms with Crippen molar-refractivity contribution in [1.29, 1.82) is 0 Å². The first-order valence-electron chi connectivity index (χ1n) is 5.47. The van der Waals surface area contributed by atoms with Crippen LogP contribution >= 0.6 is 0 Å². The van der Waals surface area contributed by atoms with Crippen LogP contribution in [0.5, 0.6) is 0 Å². The summed E-state index contributed by atoms with van der Waals surface area (Å²) in [4.78, 5) is 0. The van der Waals surface area contributed by atoms with E-state index in [1.54, 1.807) is 0 Å². The Morgan fingerprint density at radius 2 is 2.40 bits per heavy atom. The number of hydrogen-bond acceptors (Lipinski definition) is 3. The summed E-state index contributed by atoms with van der Waals surface area (Å²) in [5.41, 5.74) is 8.87. The third-order valence-corrected chi connectivity index (χ3v) is 2.84. The van der Waals surface area contributed by atoms with Crippen LogP contribution in [-0.2, 0) is 4.74 Å². The molecule has 0 saturated carbocycles. The Morgan fingerprint density at radius 1 is 1.53 bits per heavy atom. The van der Waals surface area contributed by atoms with Crippen molar-refractivity contribution < 1.29 is 4.74 Å². The predicted molar refractivity (Wildman–Crippen MR) is 63.1 cm³/mol. The predicted octanol–water partition coefficient (Wildman–Crippen LogP) is 2.17. The minimum absolute atomic E-state index is 0.368. The van der Waals surface area contributed by atoms with E-state index < -0.39 is 0 Å². The highest BCUT2D eigenvalue weighted by atomic mass is 16.5. The van der Waals surface area contributed by atoms with Gasteiger partial charge in [0.05, 0.1) is 6.10 Å². The summed E-state index contributed by atoms with van der Waals surface area (Å²) in [6.07, 6.45) is 2.71. The minimum atomic E-state index is 0.368. The van der Waals surface area contributed by atoms with E-state index in [0.717, 1.165) is 36.5 Å². The van der Waals surface area contributed by atoms with Gasteiger partial charge in [-0.05, 0) is 37.5 Å². The molecule has 0 radical (unpaired) electrons. The summed E-state index contributed by atoms with van der Waals surface area (Å²) in [5, 5.41) is 3.35. The fourth-order valence-corrected chi connectivity index (χ4v) is 1.79. The molecule has 1 aromatic carbocycles. The first kappa shape index (κ1) is 10.3. The molecule has 0 bridgehead atoms. The van der Waals surface area contributed by atoms with E-state index in [2.05, 4.69) is 11.4 Å². The molecule has 1 unspecified atom stereocenters. The third kappa shape index (κ3) is 2.63. The van der Waals surface area contributed by atoms with Crippen LogP contribution in [0.1, 0.15) is 18.4 Å². The van der Waals surface area contributed by atoms with Crippen molar-refractivity contribution in [3.05, 3.63) is 23.8 Å². The topological polar surface area (TPSA) is 47.3 Å². The monoisotopic (exact) mass is 206 g/mol. The second-order valence-electron chi connectivity index (χ2n) is 4.09. The van der Waals surface area contributed by atoms with Crippen LogP contribution in [0.2, 0.25) is 0 Å². The van der Waals surface area contributed by atoms with Crippen LogP contribution in [0.15, 0.2) is 18.2 Å². The smallest absolute Gasteiger partial charge is 0.0748 e. The summed E-state index contributed by atoms with van der Waals surface area (Å²) >= 11 is 0. The summed E-state index contributed by atoms with van der Waals surface area (Å²) in [6.45, 7) is 3.80. The molecule has 1 heterocycles. The fraction of sp³-hybridized carbons (Fsp3) is 0.500. The molecule has 1 aromatic rings. The molecule has 2 rings (SSSR count). The normalized spacial score (nSPS) is 20.5. The number of ether oxygens (including phenoxy) is 1. The largest absolute Gasteiger partial charge is 0.398 e. The van der Waals surface area contributed by atoms with Gasteiger partial charge < -0.3 is 15.8 Å². The molecule has 0 aliphatic carbocycles. The quantitative estimate of drug-likeness (QED) is 0.745. The fourth-order valence-electron chi connectivity index (χ4n) is 1.79. The van der Waals surface area contributed by atoms with E-state index in [-0.39, 0.29) is 0 Å². The Bertz CT molecular complexity index is 332. The highest BCUT2D eigenvalue weighted by Crippen LogP contribution is 2.18. The Balaban J connectivity index is 1.90. The molecule has 1 saturated heterocycles. The number of aryl methyl sites for hydroxylation is 1. The lowest BCUT2D eigenvalue weighted by Crippen LogP contribution is -2.18. The molecular weight excluding hydrogens is 188 g/mol. The minimum Gasteiger partial charge on any atom is -0.398 e. The lowest BCUT2D eigenvalue weighted by molar-refractivity contribution is 0.120. The standard InChI is InChI=1S/C12H18N2O/c1-9-4-5-10(7-12(9)13)14-8-11-3-2-6-15-11/h4-5,7,11,14H,2-3,6,8,13H2,1H3. The van der Waals surface area contributed by atoms with Gasteiger partial charge in [-0.25, -0.2) is 0 Å². The molecule has 3 N–H and O–H groups in total. The highest BCUT2D eigenvalue weighted by molar-refractivity contribution is 5.58.